The molecule has 0 bridgehead atoms. The summed E-state index contributed by atoms with van der Waals surface area (Å²) in [7, 11) is -2.15. The summed E-state index contributed by atoms with van der Waals surface area (Å²) in [5, 5.41) is 21.9. The first-order valence-corrected chi connectivity index (χ1v) is 13.4. The van der Waals surface area contributed by atoms with Crippen LogP contribution in [0.25, 0.3) is 0 Å². The Balaban J connectivity index is 1.88. The Kier molecular flexibility index (Phi) is 6.93. The van der Waals surface area contributed by atoms with Crippen LogP contribution in [0.2, 0.25) is 18.1 Å². The van der Waals surface area contributed by atoms with Gasteiger partial charge in [-0.2, -0.15) is 0 Å². The van der Waals surface area contributed by atoms with Gasteiger partial charge in [-0.15, -0.1) is 0 Å². The van der Waals surface area contributed by atoms with Crippen LogP contribution in [0.1, 0.15) is 27.0 Å². The Labute approximate surface area is 191 Å². The molecule has 0 spiro atoms. The highest BCUT2D eigenvalue weighted by atomic mass is 28.4. The molecule has 1 aliphatic heterocycles. The van der Waals surface area contributed by atoms with E-state index in [2.05, 4.69) is 38.8 Å². The standard InChI is InChI=1S/C21H29N3O8Si/c1-21(2,3)33(4,5)30-12-15-17(26)18(31-14-8-6-13(7-9-14)24(28)29)19(32-15)23-11-10-16(25)22-20(23)27/h6-11,15,17-19,26H,12H2,1-5H3,(H,22,25,27)/t15-,17-,18-,19-/m1/s1. The predicted molar refractivity (Wildman–Crippen MR) is 122 cm³/mol. The lowest BCUT2D eigenvalue weighted by molar-refractivity contribution is -0.384. The van der Waals surface area contributed by atoms with E-state index in [4.69, 9.17) is 13.9 Å². The van der Waals surface area contributed by atoms with Gasteiger partial charge in [-0.1, -0.05) is 20.8 Å². The molecule has 0 saturated carbocycles. The minimum Gasteiger partial charge on any atom is -0.483 e. The lowest BCUT2D eigenvalue weighted by Crippen LogP contribution is -2.45. The van der Waals surface area contributed by atoms with Gasteiger partial charge in [-0.05, 0) is 30.3 Å². The van der Waals surface area contributed by atoms with Gasteiger partial charge in [0.15, 0.2) is 20.6 Å². The van der Waals surface area contributed by atoms with Gasteiger partial charge >= 0.3 is 5.69 Å². The van der Waals surface area contributed by atoms with Crippen molar-refractivity contribution < 1.29 is 23.9 Å². The zero-order valence-electron chi connectivity index (χ0n) is 19.2. The molecule has 2 aromatic rings. The number of aliphatic hydroxyl groups excluding tert-OH is 1. The third-order valence-electron chi connectivity index (χ3n) is 6.17. The zero-order valence-corrected chi connectivity index (χ0v) is 20.2. The molecule has 0 aliphatic carbocycles. The van der Waals surface area contributed by atoms with E-state index in [0.29, 0.717) is 0 Å². The van der Waals surface area contributed by atoms with Gasteiger partial charge in [0.05, 0.1) is 11.5 Å². The Bertz CT molecular complexity index is 1110. The summed E-state index contributed by atoms with van der Waals surface area (Å²) < 4.78 is 19.2. The topological polar surface area (TPSA) is 146 Å². The highest BCUT2D eigenvalue weighted by molar-refractivity contribution is 6.74. The molecule has 3 rings (SSSR count). The SMILES string of the molecule is CC(C)(C)[Si](C)(C)OC[C@H]1O[C@@H](n2ccc(=O)[nH]c2=O)[C@H](Oc2ccc([N+](=O)[O-])cc2)[C@@H]1O. The summed E-state index contributed by atoms with van der Waals surface area (Å²) in [6.45, 7) is 10.5. The molecule has 0 unspecified atom stereocenters. The number of hydrogen-bond acceptors (Lipinski definition) is 8. The largest absolute Gasteiger partial charge is 0.483 e. The Morgan fingerprint density at radius 2 is 1.85 bits per heavy atom. The van der Waals surface area contributed by atoms with Crippen LogP contribution in [0, 0.1) is 10.1 Å². The number of nitrogens with zero attached hydrogens (tertiary/aromatic N) is 2. The van der Waals surface area contributed by atoms with E-state index >= 15 is 0 Å². The number of non-ortho nitro benzene ring substituents is 1. The van der Waals surface area contributed by atoms with Crippen molar-refractivity contribution in [3.05, 3.63) is 67.5 Å². The van der Waals surface area contributed by atoms with E-state index in [1.807, 2.05) is 0 Å². The summed E-state index contributed by atoms with van der Waals surface area (Å²) in [5.74, 6) is 0.252. The molecule has 4 atom stereocenters. The molecular weight excluding hydrogens is 450 g/mol. The van der Waals surface area contributed by atoms with E-state index in [0.717, 1.165) is 4.57 Å². The molecule has 1 fully saturated rings. The number of H-pyrrole nitrogens is 1. The van der Waals surface area contributed by atoms with Gasteiger partial charge in [0.2, 0.25) is 0 Å². The number of aromatic nitrogens is 2. The second-order valence-electron chi connectivity index (χ2n) is 9.48. The van der Waals surface area contributed by atoms with Crippen LogP contribution < -0.4 is 16.0 Å². The van der Waals surface area contributed by atoms with Crippen LogP contribution in [-0.2, 0) is 9.16 Å². The maximum atomic E-state index is 12.4. The fraction of sp³-hybridized carbons (Fsp3) is 0.524. The zero-order chi connectivity index (χ0) is 24.6. The normalized spacial score (nSPS) is 23.5. The van der Waals surface area contributed by atoms with E-state index < -0.39 is 49.0 Å². The lowest BCUT2D eigenvalue weighted by atomic mass is 10.1. The first-order chi connectivity index (χ1) is 15.3. The van der Waals surface area contributed by atoms with Crippen molar-refractivity contribution in [1.29, 1.82) is 0 Å². The molecule has 1 saturated heterocycles. The van der Waals surface area contributed by atoms with Crippen molar-refractivity contribution in [1.82, 2.24) is 9.55 Å². The van der Waals surface area contributed by atoms with Crippen molar-refractivity contribution >= 4 is 14.0 Å². The third-order valence-corrected chi connectivity index (χ3v) is 10.7. The van der Waals surface area contributed by atoms with Crippen molar-refractivity contribution in [3.63, 3.8) is 0 Å². The second-order valence-corrected chi connectivity index (χ2v) is 14.3. The average Bonchev–Trinajstić information content (AvgIpc) is 3.01. The smallest absolute Gasteiger partial charge is 0.330 e. The highest BCUT2D eigenvalue weighted by Gasteiger charge is 2.48. The third kappa shape index (κ3) is 5.41. The molecule has 0 radical (unpaired) electrons. The Morgan fingerprint density at radius 3 is 2.39 bits per heavy atom. The summed E-state index contributed by atoms with van der Waals surface area (Å²) >= 11 is 0. The number of hydrogen-bond donors (Lipinski definition) is 2. The van der Waals surface area contributed by atoms with Crippen LogP contribution in [0.4, 0.5) is 5.69 Å². The lowest BCUT2D eigenvalue weighted by Gasteiger charge is -2.37. The van der Waals surface area contributed by atoms with Gasteiger partial charge in [0.1, 0.15) is 18.0 Å². The Hall–Kier alpha value is -2.80. The summed E-state index contributed by atoms with van der Waals surface area (Å²) in [4.78, 5) is 36.4. The van der Waals surface area contributed by atoms with Crippen molar-refractivity contribution in [2.45, 2.75) is 63.4 Å². The molecule has 33 heavy (non-hydrogen) atoms. The van der Waals surface area contributed by atoms with Crippen LogP contribution in [0.3, 0.4) is 0 Å². The first kappa shape index (κ1) is 24.8. The maximum Gasteiger partial charge on any atom is 0.330 e. The number of aliphatic hydroxyl groups is 1. The molecule has 1 aromatic heterocycles. The molecule has 12 heteroatoms. The molecule has 1 aromatic carbocycles. The molecule has 180 valence electrons. The first-order valence-electron chi connectivity index (χ1n) is 10.5. The fourth-order valence-corrected chi connectivity index (χ4v) is 4.16. The van der Waals surface area contributed by atoms with E-state index in [1.54, 1.807) is 0 Å². The molecule has 2 N–H and O–H groups in total. The van der Waals surface area contributed by atoms with Gasteiger partial charge < -0.3 is 19.0 Å². The summed E-state index contributed by atoms with van der Waals surface area (Å²) in [6.07, 6.45) is -2.81. The molecule has 11 nitrogen and oxygen atoms in total. The van der Waals surface area contributed by atoms with Crippen LogP contribution in [0.5, 0.6) is 5.75 Å². The number of rotatable bonds is 7. The van der Waals surface area contributed by atoms with E-state index in [-0.39, 0.29) is 23.1 Å². The predicted octanol–water partition coefficient (Wildman–Crippen LogP) is 2.17. The van der Waals surface area contributed by atoms with Crippen LogP contribution in [0.15, 0.2) is 46.1 Å². The van der Waals surface area contributed by atoms with Gasteiger partial charge in [-0.25, -0.2) is 4.79 Å². The quantitative estimate of drug-likeness (QED) is 0.349. The maximum absolute atomic E-state index is 12.4. The van der Waals surface area contributed by atoms with Gasteiger partial charge in [-0.3, -0.25) is 24.5 Å². The highest BCUT2D eigenvalue weighted by Crippen LogP contribution is 2.38. The number of nitro benzene ring substituents is 1. The van der Waals surface area contributed by atoms with Crippen LogP contribution >= 0.6 is 0 Å². The molecule has 1 aliphatic rings. The summed E-state index contributed by atoms with van der Waals surface area (Å²) in [5.41, 5.74) is -1.40. The van der Waals surface area contributed by atoms with E-state index in [9.17, 15) is 24.8 Å². The van der Waals surface area contributed by atoms with E-state index in [1.165, 1.54) is 36.5 Å². The average molecular weight is 480 g/mol. The van der Waals surface area contributed by atoms with Crippen molar-refractivity contribution in [2.75, 3.05) is 6.61 Å². The van der Waals surface area contributed by atoms with Crippen LogP contribution in [-0.4, -0.2) is 52.8 Å². The number of benzene rings is 1. The van der Waals surface area contributed by atoms with Crippen molar-refractivity contribution in [2.24, 2.45) is 0 Å². The fourth-order valence-electron chi connectivity index (χ4n) is 3.15. The van der Waals surface area contributed by atoms with Crippen molar-refractivity contribution in [3.8, 4) is 5.75 Å². The molecule has 0 amide bonds. The number of aromatic amines is 1. The number of nitro groups is 1. The minimum absolute atomic E-state index is 0.0551. The molecular formula is C21H29N3O8Si. The summed E-state index contributed by atoms with van der Waals surface area (Å²) in [6, 6.07) is 6.51. The number of ether oxygens (including phenoxy) is 2. The molecule has 2 heterocycles. The number of nitrogens with one attached hydrogen (secondary N) is 1. The minimum atomic E-state index is -2.15. The monoisotopic (exact) mass is 479 g/mol. The van der Waals surface area contributed by atoms with Gasteiger partial charge in [0.25, 0.3) is 11.2 Å². The second kappa shape index (κ2) is 9.21. The van der Waals surface area contributed by atoms with Gasteiger partial charge in [0, 0.05) is 24.4 Å². The Morgan fingerprint density at radius 1 is 1.21 bits per heavy atom.